The van der Waals surface area contributed by atoms with E-state index in [1.54, 1.807) is 0 Å². The minimum atomic E-state index is -1.05. The van der Waals surface area contributed by atoms with Gasteiger partial charge in [0.25, 0.3) is 0 Å². The molecular formula is C13H14F2N2O3. The molecule has 0 aliphatic heterocycles. The maximum Gasteiger partial charge on any atom is 0.319 e. The fourth-order valence-corrected chi connectivity index (χ4v) is 2.26. The van der Waals surface area contributed by atoms with Crippen molar-refractivity contribution in [2.45, 2.75) is 25.3 Å². The van der Waals surface area contributed by atoms with E-state index in [0.717, 1.165) is 12.1 Å². The summed E-state index contributed by atoms with van der Waals surface area (Å²) in [7, 11) is 0. The van der Waals surface area contributed by atoms with E-state index in [1.807, 2.05) is 0 Å². The standard InChI is InChI=1S/C13H14F2N2O3/c14-10-4-3-9(6-11(10)15)17-13(20)16-8-2-1-7(5-8)12(18)19/h3-4,6-8H,1-2,5H2,(H,18,19)(H2,16,17,20)/t7-,8+/m1/s1. The Morgan fingerprint density at radius 1 is 1.20 bits per heavy atom. The van der Waals surface area contributed by atoms with E-state index in [4.69, 9.17) is 5.11 Å². The molecule has 3 N–H and O–H groups in total. The molecule has 20 heavy (non-hydrogen) atoms. The van der Waals surface area contributed by atoms with E-state index in [0.29, 0.717) is 19.3 Å². The zero-order valence-corrected chi connectivity index (χ0v) is 10.5. The number of halogens is 2. The lowest BCUT2D eigenvalue weighted by molar-refractivity contribution is -0.141. The molecule has 1 aliphatic rings. The SMILES string of the molecule is O=C(Nc1ccc(F)c(F)c1)N[C@H]1CC[C@@H](C(=O)O)C1. The summed E-state index contributed by atoms with van der Waals surface area (Å²) in [6.45, 7) is 0. The number of carbonyl (C=O) groups is 2. The number of carbonyl (C=O) groups excluding carboxylic acids is 1. The second-order valence-corrected chi connectivity index (χ2v) is 4.77. The molecule has 1 fully saturated rings. The van der Waals surface area contributed by atoms with Crippen molar-refractivity contribution in [3.63, 3.8) is 0 Å². The molecule has 0 unspecified atom stereocenters. The molecule has 108 valence electrons. The number of rotatable bonds is 3. The molecule has 0 bridgehead atoms. The fourth-order valence-electron chi connectivity index (χ4n) is 2.26. The molecule has 0 heterocycles. The first kappa shape index (κ1) is 14.2. The van der Waals surface area contributed by atoms with Crippen LogP contribution in [0.4, 0.5) is 19.3 Å². The van der Waals surface area contributed by atoms with Crippen molar-refractivity contribution in [3.8, 4) is 0 Å². The van der Waals surface area contributed by atoms with Crippen molar-refractivity contribution >= 4 is 17.7 Å². The van der Waals surface area contributed by atoms with E-state index >= 15 is 0 Å². The third-order valence-corrected chi connectivity index (χ3v) is 3.29. The van der Waals surface area contributed by atoms with Crippen LogP contribution in [-0.2, 0) is 4.79 Å². The second kappa shape index (κ2) is 5.85. The van der Waals surface area contributed by atoms with Gasteiger partial charge in [-0.05, 0) is 31.4 Å². The molecule has 1 saturated carbocycles. The van der Waals surface area contributed by atoms with Crippen LogP contribution in [0.15, 0.2) is 18.2 Å². The number of benzene rings is 1. The van der Waals surface area contributed by atoms with Crippen molar-refractivity contribution in [1.29, 1.82) is 0 Å². The minimum Gasteiger partial charge on any atom is -0.481 e. The molecule has 5 nitrogen and oxygen atoms in total. The maximum absolute atomic E-state index is 13.0. The van der Waals surface area contributed by atoms with E-state index < -0.39 is 29.6 Å². The highest BCUT2D eigenvalue weighted by Gasteiger charge is 2.30. The predicted molar refractivity (Wildman–Crippen MR) is 67.3 cm³/mol. The van der Waals surface area contributed by atoms with Gasteiger partial charge in [-0.3, -0.25) is 4.79 Å². The summed E-state index contributed by atoms with van der Waals surface area (Å²) in [4.78, 5) is 22.4. The van der Waals surface area contributed by atoms with Crippen LogP contribution in [0.2, 0.25) is 0 Å². The summed E-state index contributed by atoms with van der Waals surface area (Å²) in [6.07, 6.45) is 1.48. The lowest BCUT2D eigenvalue weighted by atomic mass is 10.1. The third-order valence-electron chi connectivity index (χ3n) is 3.29. The van der Waals surface area contributed by atoms with Crippen LogP contribution < -0.4 is 10.6 Å². The molecule has 1 aromatic rings. The summed E-state index contributed by atoms with van der Waals surface area (Å²) < 4.78 is 25.7. The van der Waals surface area contributed by atoms with Crippen LogP contribution in [0.5, 0.6) is 0 Å². The highest BCUT2D eigenvalue weighted by atomic mass is 19.2. The zero-order valence-electron chi connectivity index (χ0n) is 10.5. The average molecular weight is 284 g/mol. The number of amides is 2. The lowest BCUT2D eigenvalue weighted by Gasteiger charge is -2.13. The Labute approximate surface area is 114 Å². The highest BCUT2D eigenvalue weighted by molar-refractivity contribution is 5.89. The fraction of sp³-hybridized carbons (Fsp3) is 0.385. The zero-order chi connectivity index (χ0) is 14.7. The van der Waals surface area contributed by atoms with Gasteiger partial charge in [0.1, 0.15) is 0 Å². The molecule has 1 aromatic carbocycles. The first-order chi connectivity index (χ1) is 9.45. The summed E-state index contributed by atoms with van der Waals surface area (Å²) in [5.41, 5.74) is 0.134. The van der Waals surface area contributed by atoms with Crippen molar-refractivity contribution in [2.24, 2.45) is 5.92 Å². The number of nitrogens with one attached hydrogen (secondary N) is 2. The van der Waals surface area contributed by atoms with Gasteiger partial charge in [0.05, 0.1) is 5.92 Å². The Hall–Kier alpha value is -2.18. The van der Waals surface area contributed by atoms with Gasteiger partial charge < -0.3 is 15.7 Å². The van der Waals surface area contributed by atoms with Gasteiger partial charge in [0, 0.05) is 17.8 Å². The van der Waals surface area contributed by atoms with Crippen molar-refractivity contribution in [3.05, 3.63) is 29.8 Å². The molecule has 2 rings (SSSR count). The summed E-state index contributed by atoms with van der Waals surface area (Å²) in [5.74, 6) is -3.34. The molecule has 0 radical (unpaired) electrons. The quantitative estimate of drug-likeness (QED) is 0.797. The van der Waals surface area contributed by atoms with Crippen LogP contribution in [0.25, 0.3) is 0 Å². The van der Waals surface area contributed by atoms with Gasteiger partial charge in [-0.25, -0.2) is 13.6 Å². The van der Waals surface area contributed by atoms with E-state index in [9.17, 15) is 18.4 Å². The molecule has 0 spiro atoms. The van der Waals surface area contributed by atoms with Gasteiger partial charge >= 0.3 is 12.0 Å². The van der Waals surface area contributed by atoms with Crippen LogP contribution in [0.1, 0.15) is 19.3 Å². The number of urea groups is 1. The third kappa shape index (κ3) is 3.43. The molecule has 2 amide bonds. The van der Waals surface area contributed by atoms with Crippen molar-refractivity contribution in [1.82, 2.24) is 5.32 Å². The first-order valence-corrected chi connectivity index (χ1v) is 6.21. The average Bonchev–Trinajstić information content (AvgIpc) is 2.82. The number of anilines is 1. The topological polar surface area (TPSA) is 78.4 Å². The molecular weight excluding hydrogens is 270 g/mol. The maximum atomic E-state index is 13.0. The van der Waals surface area contributed by atoms with E-state index in [-0.39, 0.29) is 11.7 Å². The van der Waals surface area contributed by atoms with Crippen LogP contribution >= 0.6 is 0 Å². The van der Waals surface area contributed by atoms with E-state index in [1.165, 1.54) is 6.07 Å². The van der Waals surface area contributed by atoms with Gasteiger partial charge in [0.2, 0.25) is 0 Å². The number of carboxylic acid groups (broad SMARTS) is 1. The largest absolute Gasteiger partial charge is 0.481 e. The molecule has 0 aromatic heterocycles. The number of hydrogen-bond donors (Lipinski definition) is 3. The lowest BCUT2D eigenvalue weighted by Crippen LogP contribution is -2.36. The molecule has 7 heteroatoms. The van der Waals surface area contributed by atoms with Gasteiger partial charge in [-0.2, -0.15) is 0 Å². The minimum absolute atomic E-state index is 0.134. The summed E-state index contributed by atoms with van der Waals surface area (Å²) in [5, 5.41) is 13.8. The first-order valence-electron chi connectivity index (χ1n) is 6.21. The number of aliphatic carboxylic acids is 1. The Bertz CT molecular complexity index is 536. The van der Waals surface area contributed by atoms with Gasteiger partial charge in [0.15, 0.2) is 11.6 Å². The smallest absolute Gasteiger partial charge is 0.319 e. The molecule has 0 saturated heterocycles. The Morgan fingerprint density at radius 3 is 2.55 bits per heavy atom. The highest BCUT2D eigenvalue weighted by Crippen LogP contribution is 2.25. The van der Waals surface area contributed by atoms with E-state index in [2.05, 4.69) is 10.6 Å². The van der Waals surface area contributed by atoms with Gasteiger partial charge in [-0.15, -0.1) is 0 Å². The van der Waals surface area contributed by atoms with Crippen molar-refractivity contribution < 1.29 is 23.5 Å². The number of carboxylic acids is 1. The van der Waals surface area contributed by atoms with Crippen LogP contribution in [0, 0.1) is 17.6 Å². The Kier molecular flexibility index (Phi) is 4.16. The molecule has 2 atom stereocenters. The summed E-state index contributed by atoms with van der Waals surface area (Å²) >= 11 is 0. The van der Waals surface area contributed by atoms with Crippen molar-refractivity contribution in [2.75, 3.05) is 5.32 Å². The Morgan fingerprint density at radius 2 is 1.95 bits per heavy atom. The summed E-state index contributed by atoms with van der Waals surface area (Å²) in [6, 6.07) is 2.26. The van der Waals surface area contributed by atoms with Crippen LogP contribution in [0.3, 0.4) is 0 Å². The normalized spacial score (nSPS) is 21.5. The Balaban J connectivity index is 1.87. The molecule has 1 aliphatic carbocycles. The second-order valence-electron chi connectivity index (χ2n) is 4.77. The number of hydrogen-bond acceptors (Lipinski definition) is 2. The van der Waals surface area contributed by atoms with Crippen LogP contribution in [-0.4, -0.2) is 23.1 Å². The van der Waals surface area contributed by atoms with Gasteiger partial charge in [-0.1, -0.05) is 0 Å². The monoisotopic (exact) mass is 284 g/mol. The predicted octanol–water partition coefficient (Wildman–Crippen LogP) is 2.34.